The van der Waals surface area contributed by atoms with Crippen molar-refractivity contribution in [2.24, 2.45) is 5.92 Å². The summed E-state index contributed by atoms with van der Waals surface area (Å²) in [6.07, 6.45) is 5.54. The molecule has 0 fully saturated rings. The molecular formula is C16H23BrO2S. The van der Waals surface area contributed by atoms with Crippen LogP contribution in [0.5, 0.6) is 0 Å². The van der Waals surface area contributed by atoms with Gasteiger partial charge in [-0.05, 0) is 30.4 Å². The third kappa shape index (κ3) is 3.59. The van der Waals surface area contributed by atoms with E-state index in [9.17, 15) is 9.90 Å². The summed E-state index contributed by atoms with van der Waals surface area (Å²) in [7, 11) is 0. The number of aliphatic carboxylic acids is 1. The fraction of sp³-hybridized carbons (Fsp3) is 0.625. The van der Waals surface area contributed by atoms with Crippen LogP contribution in [0, 0.1) is 5.92 Å². The summed E-state index contributed by atoms with van der Waals surface area (Å²) in [5, 5.41) is 9.58. The molecule has 1 N–H and O–H groups in total. The number of carboxylic acids is 1. The molecule has 112 valence electrons. The van der Waals surface area contributed by atoms with Crippen molar-refractivity contribution >= 4 is 39.0 Å². The molecule has 0 aromatic rings. The molecule has 0 aromatic carbocycles. The molecule has 1 atom stereocenters. The molecule has 0 amide bonds. The van der Waals surface area contributed by atoms with E-state index >= 15 is 0 Å². The van der Waals surface area contributed by atoms with E-state index in [-0.39, 0.29) is 5.92 Å². The Morgan fingerprint density at radius 3 is 2.15 bits per heavy atom. The van der Waals surface area contributed by atoms with Crippen molar-refractivity contribution in [2.45, 2.75) is 59.3 Å². The van der Waals surface area contributed by atoms with Gasteiger partial charge >= 0.3 is 5.97 Å². The summed E-state index contributed by atoms with van der Waals surface area (Å²) < 4.78 is 1.12. The lowest BCUT2D eigenvalue weighted by molar-refractivity contribution is -0.132. The average molecular weight is 359 g/mol. The second-order valence-electron chi connectivity index (χ2n) is 5.19. The van der Waals surface area contributed by atoms with Crippen LogP contribution in [-0.4, -0.2) is 15.9 Å². The highest BCUT2D eigenvalue weighted by molar-refractivity contribution is 9.11. The van der Waals surface area contributed by atoms with Crippen LogP contribution in [0.15, 0.2) is 21.2 Å². The molecule has 2 nitrogen and oxygen atoms in total. The molecule has 1 rings (SSSR count). The smallest absolute Gasteiger partial charge is 0.337 e. The van der Waals surface area contributed by atoms with Gasteiger partial charge in [-0.2, -0.15) is 0 Å². The first-order valence-corrected chi connectivity index (χ1v) is 8.59. The number of carbonyl (C=O) groups is 1. The summed E-state index contributed by atoms with van der Waals surface area (Å²) >= 11 is 9.21. The quantitative estimate of drug-likeness (QED) is 0.617. The Labute approximate surface area is 135 Å². The van der Waals surface area contributed by atoms with Crippen molar-refractivity contribution in [3.8, 4) is 0 Å². The molecule has 0 heterocycles. The van der Waals surface area contributed by atoms with Gasteiger partial charge in [0, 0.05) is 15.3 Å². The molecule has 0 aromatic heterocycles. The SMILES string of the molecule is CCCC1=C(C(=O)O)C(=S)C(CCC)C(Br)=C1CCC. The van der Waals surface area contributed by atoms with Gasteiger partial charge in [0.15, 0.2) is 0 Å². The Hall–Kier alpha value is -0.480. The molecule has 4 heteroatoms. The lowest BCUT2D eigenvalue weighted by Crippen LogP contribution is -2.27. The van der Waals surface area contributed by atoms with Gasteiger partial charge in [-0.3, -0.25) is 0 Å². The summed E-state index contributed by atoms with van der Waals surface area (Å²) in [6.45, 7) is 6.30. The van der Waals surface area contributed by atoms with Gasteiger partial charge in [0.05, 0.1) is 5.57 Å². The van der Waals surface area contributed by atoms with Crippen molar-refractivity contribution in [3.05, 3.63) is 21.2 Å². The first-order valence-electron chi connectivity index (χ1n) is 7.38. The number of hydrogen-bond acceptors (Lipinski definition) is 2. The van der Waals surface area contributed by atoms with Gasteiger partial charge in [-0.1, -0.05) is 68.2 Å². The summed E-state index contributed by atoms with van der Waals surface area (Å²) in [4.78, 5) is 12.3. The van der Waals surface area contributed by atoms with E-state index < -0.39 is 5.97 Å². The van der Waals surface area contributed by atoms with E-state index in [0.29, 0.717) is 10.4 Å². The Balaban J connectivity index is 3.42. The van der Waals surface area contributed by atoms with Gasteiger partial charge in [0.25, 0.3) is 0 Å². The van der Waals surface area contributed by atoms with E-state index in [1.807, 2.05) is 0 Å². The molecule has 0 aliphatic heterocycles. The second kappa shape index (κ2) is 8.08. The zero-order valence-electron chi connectivity index (χ0n) is 12.5. The van der Waals surface area contributed by atoms with Crippen molar-refractivity contribution in [1.82, 2.24) is 0 Å². The first-order chi connectivity index (χ1) is 9.49. The number of thiocarbonyl (C=S) groups is 1. The summed E-state index contributed by atoms with van der Waals surface area (Å²) in [5.74, 6) is -0.809. The molecule has 1 aliphatic carbocycles. The predicted molar refractivity (Wildman–Crippen MR) is 91.4 cm³/mol. The summed E-state index contributed by atoms with van der Waals surface area (Å²) in [6, 6.07) is 0. The van der Waals surface area contributed by atoms with Crippen LogP contribution in [-0.2, 0) is 4.79 Å². The van der Waals surface area contributed by atoms with Crippen LogP contribution in [0.3, 0.4) is 0 Å². The Kier molecular flexibility index (Phi) is 7.10. The van der Waals surface area contributed by atoms with Crippen molar-refractivity contribution in [1.29, 1.82) is 0 Å². The number of allylic oxidation sites excluding steroid dienone is 3. The highest BCUT2D eigenvalue weighted by atomic mass is 79.9. The van der Waals surface area contributed by atoms with Gasteiger partial charge < -0.3 is 5.11 Å². The van der Waals surface area contributed by atoms with E-state index in [4.69, 9.17) is 12.2 Å². The number of carboxylic acid groups (broad SMARTS) is 1. The van der Waals surface area contributed by atoms with E-state index in [0.717, 1.165) is 48.6 Å². The number of rotatable bonds is 7. The van der Waals surface area contributed by atoms with Gasteiger partial charge in [-0.15, -0.1) is 0 Å². The Morgan fingerprint density at radius 1 is 1.15 bits per heavy atom. The van der Waals surface area contributed by atoms with E-state index in [1.54, 1.807) is 0 Å². The molecule has 0 saturated heterocycles. The van der Waals surface area contributed by atoms with Gasteiger partial charge in [0.2, 0.25) is 0 Å². The van der Waals surface area contributed by atoms with Gasteiger partial charge in [0.1, 0.15) is 0 Å². The van der Waals surface area contributed by atoms with E-state index in [1.165, 1.54) is 5.57 Å². The van der Waals surface area contributed by atoms with Gasteiger partial charge in [-0.25, -0.2) is 4.79 Å². The predicted octanol–water partition coefficient (Wildman–Crippen LogP) is 5.42. The molecule has 0 spiro atoms. The molecule has 0 saturated carbocycles. The Bertz CT molecular complexity index is 463. The number of hydrogen-bond donors (Lipinski definition) is 1. The van der Waals surface area contributed by atoms with Crippen LogP contribution in [0.25, 0.3) is 0 Å². The molecule has 0 bridgehead atoms. The maximum Gasteiger partial charge on any atom is 0.337 e. The molecule has 0 radical (unpaired) electrons. The molecular weight excluding hydrogens is 336 g/mol. The summed E-state index contributed by atoms with van der Waals surface area (Å²) in [5.41, 5.74) is 2.52. The van der Waals surface area contributed by atoms with Crippen molar-refractivity contribution in [3.63, 3.8) is 0 Å². The number of halogens is 1. The van der Waals surface area contributed by atoms with Crippen LogP contribution < -0.4 is 0 Å². The maximum atomic E-state index is 11.7. The lowest BCUT2D eigenvalue weighted by Gasteiger charge is -2.29. The largest absolute Gasteiger partial charge is 0.478 e. The average Bonchev–Trinajstić information content (AvgIpc) is 2.39. The highest BCUT2D eigenvalue weighted by Gasteiger charge is 2.34. The second-order valence-corrected chi connectivity index (χ2v) is 6.48. The minimum Gasteiger partial charge on any atom is -0.478 e. The Morgan fingerprint density at radius 2 is 1.70 bits per heavy atom. The van der Waals surface area contributed by atoms with Crippen LogP contribution in [0.1, 0.15) is 59.3 Å². The molecule has 1 aliphatic rings. The minimum absolute atomic E-state index is 0.0586. The topological polar surface area (TPSA) is 37.3 Å². The fourth-order valence-electron chi connectivity index (χ4n) is 2.77. The van der Waals surface area contributed by atoms with Crippen LogP contribution in [0.2, 0.25) is 0 Å². The zero-order valence-corrected chi connectivity index (χ0v) is 14.9. The molecule has 1 unspecified atom stereocenters. The zero-order chi connectivity index (χ0) is 15.3. The van der Waals surface area contributed by atoms with E-state index in [2.05, 4.69) is 36.7 Å². The molecule has 20 heavy (non-hydrogen) atoms. The van der Waals surface area contributed by atoms with Crippen LogP contribution >= 0.6 is 28.1 Å². The van der Waals surface area contributed by atoms with Crippen LogP contribution in [0.4, 0.5) is 0 Å². The van der Waals surface area contributed by atoms with Crippen molar-refractivity contribution < 1.29 is 9.90 Å². The highest BCUT2D eigenvalue weighted by Crippen LogP contribution is 2.42. The van der Waals surface area contributed by atoms with Crippen molar-refractivity contribution in [2.75, 3.05) is 0 Å². The standard InChI is InChI=1S/C16H23BrO2S/c1-4-7-10-11(8-5-2)14(17)12(9-6-3)15(20)13(10)16(18)19/h12H,4-9H2,1-3H3,(H,18,19). The lowest BCUT2D eigenvalue weighted by atomic mass is 9.79. The normalized spacial score (nSPS) is 19.8. The third-order valence-corrected chi connectivity index (χ3v) is 5.13. The minimum atomic E-state index is -0.867. The maximum absolute atomic E-state index is 11.7. The monoisotopic (exact) mass is 358 g/mol. The first kappa shape index (κ1) is 17.6. The fourth-order valence-corrected chi connectivity index (χ4v) is 4.26. The third-order valence-electron chi connectivity index (χ3n) is 3.61.